The number of nitrogens with two attached hydrogens (primary N) is 2. The van der Waals surface area contributed by atoms with Crippen LogP contribution in [0.1, 0.15) is 93.4 Å². The molecule has 4 aromatic rings. The van der Waals surface area contributed by atoms with E-state index in [-0.39, 0.29) is 83.0 Å². The molecule has 0 radical (unpaired) electrons. The minimum absolute atomic E-state index is 0.00562. The number of hydrogen-bond donors (Lipinski definition) is 12. The zero-order valence-electron chi connectivity index (χ0n) is 41.0. The first-order valence-corrected chi connectivity index (χ1v) is 24.9. The number of H-pyrrole nitrogens is 1. The number of primary amides is 2. The van der Waals surface area contributed by atoms with Gasteiger partial charge in [-0.2, -0.15) is 0 Å². The van der Waals surface area contributed by atoms with E-state index in [1.165, 1.54) is 6.07 Å². The molecular formula is C52H67N11O10. The third-order valence-electron chi connectivity index (χ3n) is 13.3. The molecule has 73 heavy (non-hydrogen) atoms. The second-order valence-corrected chi connectivity index (χ2v) is 18.7. The van der Waals surface area contributed by atoms with Crippen molar-refractivity contribution in [3.63, 3.8) is 0 Å². The molecule has 390 valence electrons. The summed E-state index contributed by atoms with van der Waals surface area (Å²) in [5.41, 5.74) is 12.5. The largest absolute Gasteiger partial charge is 0.508 e. The van der Waals surface area contributed by atoms with Crippen molar-refractivity contribution in [3.05, 3.63) is 101 Å². The predicted molar refractivity (Wildman–Crippen MR) is 270 cm³/mol. The van der Waals surface area contributed by atoms with Crippen LogP contribution in [0.15, 0.2) is 79.0 Å². The summed E-state index contributed by atoms with van der Waals surface area (Å²) in [6, 6.07) is 13.3. The fourth-order valence-electron chi connectivity index (χ4n) is 9.25. The quantitative estimate of drug-likeness (QED) is 0.0842. The molecule has 1 aliphatic carbocycles. The first-order valence-electron chi connectivity index (χ1n) is 24.9. The zero-order chi connectivity index (χ0) is 52.5. The van der Waals surface area contributed by atoms with Gasteiger partial charge in [-0.05, 0) is 85.8 Å². The molecule has 3 aromatic carbocycles. The Morgan fingerprint density at radius 2 is 1.49 bits per heavy atom. The first-order chi connectivity index (χ1) is 35.0. The highest BCUT2D eigenvalue weighted by Gasteiger charge is 2.46. The number of aromatic nitrogens is 1. The summed E-state index contributed by atoms with van der Waals surface area (Å²) in [7, 11) is 0. The van der Waals surface area contributed by atoms with Crippen molar-refractivity contribution in [1.82, 2.24) is 47.5 Å². The van der Waals surface area contributed by atoms with Crippen LogP contribution in [-0.2, 0) is 64.0 Å². The second-order valence-electron chi connectivity index (χ2n) is 18.7. The van der Waals surface area contributed by atoms with Gasteiger partial charge in [0.05, 0.1) is 6.42 Å². The van der Waals surface area contributed by atoms with E-state index in [0.29, 0.717) is 41.5 Å². The number of phenolic OH excluding ortho intramolecular Hbond substituents is 1. The van der Waals surface area contributed by atoms with Crippen LogP contribution >= 0.6 is 0 Å². The molecule has 1 saturated heterocycles. The van der Waals surface area contributed by atoms with Crippen LogP contribution in [0.5, 0.6) is 5.75 Å². The molecule has 6 atom stereocenters. The highest BCUT2D eigenvalue weighted by molar-refractivity contribution is 6.00. The van der Waals surface area contributed by atoms with Crippen LogP contribution in [0.3, 0.4) is 0 Å². The number of carbonyl (C=O) groups is 9. The molecule has 14 N–H and O–H groups in total. The number of para-hydroxylation sites is 1. The average Bonchev–Trinajstić information content (AvgIpc) is 3.77. The van der Waals surface area contributed by atoms with E-state index < -0.39 is 95.5 Å². The van der Waals surface area contributed by atoms with Gasteiger partial charge in [-0.3, -0.25) is 38.4 Å². The van der Waals surface area contributed by atoms with Crippen molar-refractivity contribution in [3.8, 4) is 5.75 Å². The van der Waals surface area contributed by atoms with Gasteiger partial charge in [-0.25, -0.2) is 4.79 Å². The van der Waals surface area contributed by atoms with E-state index in [1.54, 1.807) is 48.7 Å². The maximum atomic E-state index is 15.2. The van der Waals surface area contributed by atoms with E-state index in [1.807, 2.05) is 31.2 Å². The van der Waals surface area contributed by atoms with E-state index >= 15 is 4.79 Å². The van der Waals surface area contributed by atoms with Crippen molar-refractivity contribution < 1.29 is 48.3 Å². The van der Waals surface area contributed by atoms with Gasteiger partial charge in [0.25, 0.3) is 0 Å². The van der Waals surface area contributed by atoms with Gasteiger partial charge in [-0.1, -0.05) is 74.0 Å². The third-order valence-corrected chi connectivity index (χ3v) is 13.3. The Balaban J connectivity index is 1.41. The van der Waals surface area contributed by atoms with E-state index in [2.05, 4.69) is 47.5 Å². The number of aromatic amines is 1. The van der Waals surface area contributed by atoms with Crippen LogP contribution in [0.4, 0.5) is 4.79 Å². The topological polar surface area (TPSA) is 338 Å². The van der Waals surface area contributed by atoms with Crippen molar-refractivity contribution in [1.29, 1.82) is 0 Å². The number of nitrogens with one attached hydrogen (secondary N) is 9. The number of aromatic hydroxyl groups is 1. The van der Waals surface area contributed by atoms with E-state index in [9.17, 15) is 43.5 Å². The molecule has 0 saturated carbocycles. The number of fused-ring (bicyclic) bond motifs is 2. The number of benzene rings is 3. The molecule has 10 amide bonds. The summed E-state index contributed by atoms with van der Waals surface area (Å²) in [4.78, 5) is 128. The molecule has 21 heteroatoms. The molecule has 1 fully saturated rings. The number of unbranched alkanes of at least 4 members (excludes halogenated alkanes) is 1. The molecular weight excluding hydrogens is 939 g/mol. The Bertz CT molecular complexity index is 2640. The number of amides is 10. The van der Waals surface area contributed by atoms with Gasteiger partial charge in [0, 0.05) is 55.9 Å². The highest BCUT2D eigenvalue weighted by Crippen LogP contribution is 2.34. The Labute approximate surface area is 422 Å². The lowest BCUT2D eigenvalue weighted by atomic mass is 9.76. The van der Waals surface area contributed by atoms with Crippen LogP contribution < -0.4 is 54.0 Å². The van der Waals surface area contributed by atoms with Crippen molar-refractivity contribution in [2.45, 2.75) is 133 Å². The molecule has 21 nitrogen and oxygen atoms in total. The number of phenols is 1. The Morgan fingerprint density at radius 3 is 2.25 bits per heavy atom. The fourth-order valence-corrected chi connectivity index (χ4v) is 9.25. The summed E-state index contributed by atoms with van der Waals surface area (Å²) in [6.07, 6.45) is 2.87. The first kappa shape index (κ1) is 54.4. The van der Waals surface area contributed by atoms with Crippen molar-refractivity contribution in [2.75, 3.05) is 13.1 Å². The number of hydrogen-bond acceptors (Lipinski definition) is 10. The average molecular weight is 1010 g/mol. The molecule has 6 rings (SSSR count). The monoisotopic (exact) mass is 1010 g/mol. The van der Waals surface area contributed by atoms with Gasteiger partial charge in [0.15, 0.2) is 0 Å². The van der Waals surface area contributed by atoms with Crippen LogP contribution in [0.25, 0.3) is 10.9 Å². The molecule has 2 aliphatic rings. The van der Waals surface area contributed by atoms with E-state index in [0.717, 1.165) is 10.9 Å². The summed E-state index contributed by atoms with van der Waals surface area (Å²) >= 11 is 0. The second kappa shape index (κ2) is 25.9. The minimum atomic E-state index is -1.80. The van der Waals surface area contributed by atoms with Gasteiger partial charge < -0.3 is 64.1 Å². The van der Waals surface area contributed by atoms with Crippen molar-refractivity contribution in [2.24, 2.45) is 11.5 Å². The summed E-state index contributed by atoms with van der Waals surface area (Å²) < 4.78 is 0. The Hall–Kier alpha value is -7.97. The van der Waals surface area contributed by atoms with Crippen LogP contribution in [0, 0.1) is 0 Å². The zero-order valence-corrected chi connectivity index (χ0v) is 41.0. The smallest absolute Gasteiger partial charge is 0.312 e. The summed E-state index contributed by atoms with van der Waals surface area (Å²) in [5.74, 6) is -5.95. The third kappa shape index (κ3) is 15.3. The Kier molecular flexibility index (Phi) is 19.3. The highest BCUT2D eigenvalue weighted by atomic mass is 16.3. The lowest BCUT2D eigenvalue weighted by molar-refractivity contribution is -0.139. The Morgan fingerprint density at radius 1 is 0.781 bits per heavy atom. The maximum Gasteiger partial charge on any atom is 0.312 e. The molecule has 1 aromatic heterocycles. The number of carbonyl (C=O) groups excluding carboxylic acids is 9. The van der Waals surface area contributed by atoms with Crippen LogP contribution in [0.2, 0.25) is 0 Å². The van der Waals surface area contributed by atoms with Gasteiger partial charge in [0.1, 0.15) is 41.5 Å². The molecule has 2 unspecified atom stereocenters. The van der Waals surface area contributed by atoms with Gasteiger partial charge in [-0.15, -0.1) is 0 Å². The van der Waals surface area contributed by atoms with E-state index in [4.69, 9.17) is 11.5 Å². The van der Waals surface area contributed by atoms with Gasteiger partial charge >= 0.3 is 6.03 Å². The number of urea groups is 1. The lowest BCUT2D eigenvalue weighted by Gasteiger charge is -2.39. The lowest BCUT2D eigenvalue weighted by Crippen LogP contribution is -2.67. The molecule has 1 aliphatic heterocycles. The predicted octanol–water partition coefficient (Wildman–Crippen LogP) is 0.941. The van der Waals surface area contributed by atoms with Crippen molar-refractivity contribution >= 4 is 64.2 Å². The molecule has 0 bridgehead atoms. The minimum Gasteiger partial charge on any atom is -0.508 e. The number of rotatable bonds is 13. The molecule has 2 heterocycles. The SMILES string of the molecule is CCCCC(=O)N[C@H]1CC(=O)NCCCC[C@@H](C(N)=O)NC(=O)C(Cc2c[nH]c3ccccc23)NC(=O)[C@H](CCCNC(N)=O)NC(=O)[C@@H](Cc2ccccc2)NC(=O)C2(CCc3c(O)cccc3C2)NC1=O. The van der Waals surface area contributed by atoms with Crippen LogP contribution in [-0.4, -0.2) is 112 Å². The summed E-state index contributed by atoms with van der Waals surface area (Å²) in [5, 5.41) is 33.5. The normalized spacial score (nSPS) is 22.8. The molecule has 1 spiro atoms. The van der Waals surface area contributed by atoms with Gasteiger partial charge in [0.2, 0.25) is 47.3 Å². The summed E-state index contributed by atoms with van der Waals surface area (Å²) in [6.45, 7) is 1.99. The fraction of sp³-hybridized carbons (Fsp3) is 0.442. The maximum absolute atomic E-state index is 15.2. The standard InChI is InChI=1S/C52H67N11O10/c1-2-3-21-43(65)58-41-28-44(66)55-24-10-9-18-37(45(53)67)59-48(70)40(27-33-30-57-36-17-8-7-16-34(33)36)61-46(68)38(19-12-25-56-51(54)73)60-47(69)39(26-31-13-5-4-6-14-31)62-50(72)52(63-49(41)71)23-22-35-32(29-52)15-11-20-42(35)64/h4-8,11,13-17,20,30,37-41,57,64H,2-3,9-10,12,18-19,21-29H2,1H3,(H2,53,67)(H,55,66)(H,58,65)(H,59,70)(H,60,69)(H,61,68)(H,62,72)(H,63,71)(H3,54,56,73)/t37-,38-,39+,40?,41-,52?/m0/s1.